The minimum absolute atomic E-state index is 0.431. The molecular formula is C10H10O2. The maximum atomic E-state index is 9.61. The molecule has 1 aliphatic heterocycles. The van der Waals surface area contributed by atoms with E-state index in [0.29, 0.717) is 6.42 Å². The molecule has 0 spiro atoms. The molecule has 1 atom stereocenters. The maximum Gasteiger partial charge on any atom is 0.132 e. The number of fused-ring (bicyclic) bond motifs is 1. The molecular weight excluding hydrogens is 152 g/mol. The Hall–Kier alpha value is -1.28. The number of aliphatic hydroxyl groups excluding tert-OH is 1. The summed E-state index contributed by atoms with van der Waals surface area (Å²) in [4.78, 5) is 0. The van der Waals surface area contributed by atoms with Crippen LogP contribution in [0.4, 0.5) is 0 Å². The van der Waals surface area contributed by atoms with Crippen LogP contribution in [0, 0.1) is 0 Å². The fourth-order valence-electron chi connectivity index (χ4n) is 1.30. The Morgan fingerprint density at radius 2 is 2.17 bits per heavy atom. The molecule has 1 aromatic rings. The molecule has 1 aromatic carbocycles. The number of rotatable bonds is 0. The van der Waals surface area contributed by atoms with Crippen LogP contribution >= 0.6 is 0 Å². The maximum absolute atomic E-state index is 9.61. The van der Waals surface area contributed by atoms with Crippen LogP contribution in [0.15, 0.2) is 36.6 Å². The molecule has 2 heteroatoms. The zero-order valence-corrected chi connectivity index (χ0v) is 6.60. The molecule has 62 valence electrons. The normalized spacial score (nSPS) is 20.9. The van der Waals surface area contributed by atoms with Crippen molar-refractivity contribution >= 4 is 0 Å². The Balaban J connectivity index is 2.45. The van der Waals surface area contributed by atoms with E-state index in [9.17, 15) is 5.11 Å². The van der Waals surface area contributed by atoms with Crippen LogP contribution in [-0.4, -0.2) is 5.11 Å². The van der Waals surface area contributed by atoms with Crippen molar-refractivity contribution in [1.82, 2.24) is 0 Å². The summed E-state index contributed by atoms with van der Waals surface area (Å²) in [6.07, 6.45) is 3.64. The topological polar surface area (TPSA) is 29.5 Å². The Morgan fingerprint density at radius 3 is 3.08 bits per heavy atom. The lowest BCUT2D eigenvalue weighted by atomic mass is 10.1. The summed E-state index contributed by atoms with van der Waals surface area (Å²) >= 11 is 0. The van der Waals surface area contributed by atoms with Gasteiger partial charge in [-0.1, -0.05) is 18.2 Å². The average Bonchev–Trinajstić information content (AvgIpc) is 2.29. The second-order valence-corrected chi connectivity index (χ2v) is 2.78. The minimum Gasteiger partial charge on any atom is -0.465 e. The second-order valence-electron chi connectivity index (χ2n) is 2.78. The third kappa shape index (κ3) is 1.21. The molecule has 0 fully saturated rings. The molecule has 12 heavy (non-hydrogen) atoms. The van der Waals surface area contributed by atoms with E-state index >= 15 is 0 Å². The first-order valence-corrected chi connectivity index (χ1v) is 3.96. The van der Waals surface area contributed by atoms with Crippen LogP contribution < -0.4 is 4.74 Å². The predicted octanol–water partition coefficient (Wildman–Crippen LogP) is 2.02. The van der Waals surface area contributed by atoms with Crippen LogP contribution in [0.5, 0.6) is 5.75 Å². The van der Waals surface area contributed by atoms with E-state index in [1.54, 1.807) is 6.26 Å². The molecule has 1 N–H and O–H groups in total. The highest BCUT2D eigenvalue weighted by molar-refractivity contribution is 5.36. The molecule has 1 heterocycles. The highest BCUT2D eigenvalue weighted by Gasteiger charge is 2.13. The van der Waals surface area contributed by atoms with Crippen molar-refractivity contribution in [3.63, 3.8) is 0 Å². The van der Waals surface area contributed by atoms with Crippen molar-refractivity contribution in [2.75, 3.05) is 0 Å². The molecule has 1 unspecified atom stereocenters. The van der Waals surface area contributed by atoms with Gasteiger partial charge in [-0.15, -0.1) is 0 Å². The van der Waals surface area contributed by atoms with Crippen molar-refractivity contribution in [2.24, 2.45) is 0 Å². The number of ether oxygens (including phenoxy) is 1. The summed E-state index contributed by atoms with van der Waals surface area (Å²) in [6.45, 7) is 0. The number of hydrogen-bond acceptors (Lipinski definition) is 2. The van der Waals surface area contributed by atoms with E-state index in [4.69, 9.17) is 4.74 Å². The average molecular weight is 162 g/mol. The quantitative estimate of drug-likeness (QED) is 0.632. The van der Waals surface area contributed by atoms with Crippen LogP contribution in [0.3, 0.4) is 0 Å². The first-order chi connectivity index (χ1) is 5.88. The SMILES string of the molecule is OC1CC=COc2ccccc21. The van der Waals surface area contributed by atoms with Gasteiger partial charge < -0.3 is 9.84 Å². The predicted molar refractivity (Wildman–Crippen MR) is 45.8 cm³/mol. The fraction of sp³-hybridized carbons (Fsp3) is 0.200. The summed E-state index contributed by atoms with van der Waals surface area (Å²) < 4.78 is 5.28. The van der Waals surface area contributed by atoms with Gasteiger partial charge in [0.15, 0.2) is 0 Å². The Bertz CT molecular complexity index is 304. The van der Waals surface area contributed by atoms with Crippen LogP contribution in [0.1, 0.15) is 18.1 Å². The lowest BCUT2D eigenvalue weighted by molar-refractivity contribution is 0.181. The first kappa shape index (κ1) is 7.37. The van der Waals surface area contributed by atoms with E-state index in [-0.39, 0.29) is 0 Å². The smallest absolute Gasteiger partial charge is 0.132 e. The third-order valence-electron chi connectivity index (χ3n) is 1.93. The summed E-state index contributed by atoms with van der Waals surface area (Å²) in [5, 5.41) is 9.61. The molecule has 0 radical (unpaired) electrons. The van der Waals surface area contributed by atoms with Gasteiger partial charge in [-0.25, -0.2) is 0 Å². The summed E-state index contributed by atoms with van der Waals surface area (Å²) in [5.74, 6) is 0.749. The van der Waals surface area contributed by atoms with Gasteiger partial charge in [-0.2, -0.15) is 0 Å². The molecule has 0 aliphatic carbocycles. The zero-order valence-electron chi connectivity index (χ0n) is 6.60. The van der Waals surface area contributed by atoms with E-state index in [0.717, 1.165) is 11.3 Å². The highest BCUT2D eigenvalue weighted by atomic mass is 16.5. The molecule has 0 saturated carbocycles. The van der Waals surface area contributed by atoms with Gasteiger partial charge in [-0.3, -0.25) is 0 Å². The van der Waals surface area contributed by atoms with Gasteiger partial charge in [0, 0.05) is 5.56 Å². The second kappa shape index (κ2) is 2.99. The molecule has 0 saturated heterocycles. The molecule has 2 rings (SSSR count). The first-order valence-electron chi connectivity index (χ1n) is 3.96. The van der Waals surface area contributed by atoms with Crippen molar-refractivity contribution in [2.45, 2.75) is 12.5 Å². The van der Waals surface area contributed by atoms with Crippen molar-refractivity contribution in [3.8, 4) is 5.75 Å². The van der Waals surface area contributed by atoms with Gasteiger partial charge >= 0.3 is 0 Å². The van der Waals surface area contributed by atoms with Gasteiger partial charge in [0.2, 0.25) is 0 Å². The standard InChI is InChI=1S/C10H10O2/c11-9-5-3-7-12-10-6-2-1-4-8(9)10/h1-4,6-7,9,11H,5H2. The molecule has 0 aromatic heterocycles. The summed E-state index contributed by atoms with van der Waals surface area (Å²) in [5.41, 5.74) is 0.863. The minimum atomic E-state index is -0.431. The largest absolute Gasteiger partial charge is 0.465 e. The van der Waals surface area contributed by atoms with Crippen LogP contribution in [-0.2, 0) is 0 Å². The fourth-order valence-corrected chi connectivity index (χ4v) is 1.30. The summed E-state index contributed by atoms with van der Waals surface area (Å²) in [7, 11) is 0. The Labute approximate surface area is 71.1 Å². The third-order valence-corrected chi connectivity index (χ3v) is 1.93. The lowest BCUT2D eigenvalue weighted by Crippen LogP contribution is -1.95. The number of hydrogen-bond donors (Lipinski definition) is 1. The van der Waals surface area contributed by atoms with Gasteiger partial charge in [0.1, 0.15) is 5.75 Å². The Morgan fingerprint density at radius 1 is 1.33 bits per heavy atom. The van der Waals surface area contributed by atoms with Crippen molar-refractivity contribution in [1.29, 1.82) is 0 Å². The van der Waals surface area contributed by atoms with Gasteiger partial charge in [0.05, 0.1) is 12.4 Å². The molecule has 0 bridgehead atoms. The molecule has 0 amide bonds. The lowest BCUT2D eigenvalue weighted by Gasteiger charge is -2.09. The van der Waals surface area contributed by atoms with E-state index in [1.807, 2.05) is 30.3 Å². The van der Waals surface area contributed by atoms with E-state index in [2.05, 4.69) is 0 Å². The van der Waals surface area contributed by atoms with Crippen molar-refractivity contribution < 1.29 is 9.84 Å². The van der Waals surface area contributed by atoms with E-state index in [1.165, 1.54) is 0 Å². The summed E-state index contributed by atoms with van der Waals surface area (Å²) in [6, 6.07) is 7.53. The van der Waals surface area contributed by atoms with Gasteiger partial charge in [0.25, 0.3) is 0 Å². The van der Waals surface area contributed by atoms with Crippen molar-refractivity contribution in [3.05, 3.63) is 42.2 Å². The van der Waals surface area contributed by atoms with Gasteiger partial charge in [-0.05, 0) is 18.6 Å². The molecule has 2 nitrogen and oxygen atoms in total. The number of aliphatic hydroxyl groups is 1. The Kier molecular flexibility index (Phi) is 1.84. The molecule has 1 aliphatic rings. The zero-order chi connectivity index (χ0) is 8.39. The van der Waals surface area contributed by atoms with Crippen LogP contribution in [0.2, 0.25) is 0 Å². The number of para-hydroxylation sites is 1. The van der Waals surface area contributed by atoms with Crippen LogP contribution in [0.25, 0.3) is 0 Å². The van der Waals surface area contributed by atoms with E-state index < -0.39 is 6.10 Å². The number of benzene rings is 1. The highest BCUT2D eigenvalue weighted by Crippen LogP contribution is 2.29. The monoisotopic (exact) mass is 162 g/mol.